The number of phenols is 1. The number of nitro groups is 1. The molecule has 4 rings (SSSR count). The van der Waals surface area contributed by atoms with E-state index in [4.69, 9.17) is 0 Å². The summed E-state index contributed by atoms with van der Waals surface area (Å²) >= 11 is 2.88. The van der Waals surface area contributed by atoms with Gasteiger partial charge in [-0.15, -0.1) is 22.7 Å². The molecule has 1 N–H and O–H groups in total. The molecule has 1 amide bonds. The summed E-state index contributed by atoms with van der Waals surface area (Å²) in [6.45, 7) is 0. The lowest BCUT2D eigenvalue weighted by Gasteiger charge is -2.19. The Morgan fingerprint density at radius 3 is 2.67 bits per heavy atom. The van der Waals surface area contributed by atoms with Crippen LogP contribution in [0.2, 0.25) is 0 Å². The number of phenolic OH excluding ortho intramolecular Hbond substituents is 1. The molecule has 0 spiro atoms. The number of aromatic hydroxyl groups is 1. The molecule has 3 aromatic rings. The number of rotatable bonds is 4. The fourth-order valence-electron chi connectivity index (χ4n) is 2.94. The van der Waals surface area contributed by atoms with E-state index in [2.05, 4.69) is 5.10 Å². The Morgan fingerprint density at radius 1 is 1.22 bits per heavy atom. The normalized spacial score (nSPS) is 16.4. The van der Waals surface area contributed by atoms with Gasteiger partial charge in [0, 0.05) is 22.9 Å². The van der Waals surface area contributed by atoms with Crippen LogP contribution >= 0.6 is 22.7 Å². The summed E-state index contributed by atoms with van der Waals surface area (Å²) in [5.41, 5.74) is 0.704. The fourth-order valence-corrected chi connectivity index (χ4v) is 4.40. The molecule has 0 aliphatic carbocycles. The molecule has 0 unspecified atom stereocenters. The Hall–Kier alpha value is -3.04. The lowest BCUT2D eigenvalue weighted by molar-refractivity contribution is -0.385. The van der Waals surface area contributed by atoms with E-state index in [1.54, 1.807) is 12.1 Å². The second-order valence-corrected chi connectivity index (χ2v) is 7.80. The molecule has 1 aliphatic heterocycles. The number of hydrogen-bond acceptors (Lipinski definition) is 7. The van der Waals surface area contributed by atoms with Gasteiger partial charge in [-0.1, -0.05) is 12.1 Å². The molecule has 3 heterocycles. The first kappa shape index (κ1) is 17.4. The first-order valence-electron chi connectivity index (χ1n) is 8.00. The number of benzene rings is 1. The minimum Gasteiger partial charge on any atom is -0.502 e. The third kappa shape index (κ3) is 3.22. The summed E-state index contributed by atoms with van der Waals surface area (Å²) in [4.78, 5) is 25.0. The Balaban J connectivity index is 1.74. The molecule has 0 saturated carbocycles. The van der Waals surface area contributed by atoms with Gasteiger partial charge < -0.3 is 5.11 Å². The van der Waals surface area contributed by atoms with E-state index < -0.39 is 10.7 Å². The van der Waals surface area contributed by atoms with Crippen molar-refractivity contribution in [1.29, 1.82) is 0 Å². The highest BCUT2D eigenvalue weighted by atomic mass is 32.1. The maximum Gasteiger partial charge on any atom is 0.311 e. The minimum absolute atomic E-state index is 0.202. The van der Waals surface area contributed by atoms with Crippen LogP contribution in [-0.2, 0) is 0 Å². The number of thiophene rings is 2. The standard InChI is InChI=1S/C18H13N3O4S2/c22-15-6-5-11(9-13(15)21(24)25)12-10-14(16-3-1-7-26-16)20(19-12)18(23)17-4-2-8-27-17/h1-9,14,22H,10H2/t14-/m1/s1. The van der Waals surface area contributed by atoms with E-state index in [0.717, 1.165) is 4.88 Å². The Labute approximate surface area is 162 Å². The summed E-state index contributed by atoms with van der Waals surface area (Å²) in [5.74, 6) is -0.602. The van der Waals surface area contributed by atoms with Crippen LogP contribution in [0, 0.1) is 10.1 Å². The fraction of sp³-hybridized carbons (Fsp3) is 0.111. The van der Waals surface area contributed by atoms with Crippen molar-refractivity contribution in [3.63, 3.8) is 0 Å². The van der Waals surface area contributed by atoms with Crippen molar-refractivity contribution >= 4 is 40.0 Å². The minimum atomic E-state index is -0.639. The number of hydrogen-bond donors (Lipinski definition) is 1. The van der Waals surface area contributed by atoms with E-state index in [0.29, 0.717) is 22.6 Å². The molecule has 27 heavy (non-hydrogen) atoms. The molecule has 9 heteroatoms. The zero-order valence-electron chi connectivity index (χ0n) is 13.8. The van der Waals surface area contributed by atoms with Crippen LogP contribution in [0.15, 0.2) is 58.3 Å². The van der Waals surface area contributed by atoms with Crippen molar-refractivity contribution in [1.82, 2.24) is 5.01 Å². The molecule has 1 aliphatic rings. The highest BCUT2D eigenvalue weighted by Gasteiger charge is 2.35. The van der Waals surface area contributed by atoms with Gasteiger partial charge in [0.1, 0.15) is 0 Å². The van der Waals surface area contributed by atoms with Crippen molar-refractivity contribution in [3.8, 4) is 5.75 Å². The van der Waals surface area contributed by atoms with Crippen LogP contribution < -0.4 is 0 Å². The zero-order valence-corrected chi connectivity index (χ0v) is 15.4. The SMILES string of the molecule is O=C(c1cccs1)N1N=C(c2ccc(O)c([N+](=O)[O-])c2)C[C@@H]1c1cccs1. The largest absolute Gasteiger partial charge is 0.502 e. The van der Waals surface area contributed by atoms with Crippen LogP contribution in [0.4, 0.5) is 5.69 Å². The Kier molecular flexibility index (Phi) is 4.46. The second kappa shape index (κ2) is 6.93. The molecular weight excluding hydrogens is 386 g/mol. The summed E-state index contributed by atoms with van der Waals surface area (Å²) in [7, 11) is 0. The van der Waals surface area contributed by atoms with Gasteiger partial charge in [-0.2, -0.15) is 5.10 Å². The van der Waals surface area contributed by atoms with E-state index in [1.807, 2.05) is 29.0 Å². The number of amides is 1. The summed E-state index contributed by atoms with van der Waals surface area (Å²) in [6, 6.07) is 11.3. The van der Waals surface area contributed by atoms with Gasteiger partial charge in [0.25, 0.3) is 5.91 Å². The second-order valence-electron chi connectivity index (χ2n) is 5.87. The smallest absolute Gasteiger partial charge is 0.311 e. The van der Waals surface area contributed by atoms with Gasteiger partial charge in [0.2, 0.25) is 0 Å². The Morgan fingerprint density at radius 2 is 2.00 bits per heavy atom. The third-order valence-corrected chi connectivity index (χ3v) is 6.06. The maximum absolute atomic E-state index is 12.9. The van der Waals surface area contributed by atoms with Crippen LogP contribution in [0.5, 0.6) is 5.75 Å². The molecule has 0 bridgehead atoms. The van der Waals surface area contributed by atoms with Gasteiger partial charge in [-0.3, -0.25) is 14.9 Å². The van der Waals surface area contributed by atoms with Gasteiger partial charge in [-0.05, 0) is 35.0 Å². The van der Waals surface area contributed by atoms with Crippen molar-refractivity contribution in [3.05, 3.63) is 78.7 Å². The molecule has 0 saturated heterocycles. The average molecular weight is 399 g/mol. The number of carbonyl (C=O) groups excluding carboxylic acids is 1. The van der Waals surface area contributed by atoms with E-state index in [9.17, 15) is 20.0 Å². The molecule has 136 valence electrons. The molecule has 0 fully saturated rings. The molecule has 7 nitrogen and oxygen atoms in total. The van der Waals surface area contributed by atoms with Crippen molar-refractivity contribution in [2.24, 2.45) is 5.10 Å². The predicted molar refractivity (Wildman–Crippen MR) is 103 cm³/mol. The molecule has 1 aromatic carbocycles. The molecular formula is C18H13N3O4S2. The first-order chi connectivity index (χ1) is 13.0. The first-order valence-corrected chi connectivity index (χ1v) is 9.76. The zero-order chi connectivity index (χ0) is 19.0. The highest BCUT2D eigenvalue weighted by Crippen LogP contribution is 2.37. The highest BCUT2D eigenvalue weighted by molar-refractivity contribution is 7.12. The van der Waals surface area contributed by atoms with Crippen LogP contribution in [0.3, 0.4) is 0 Å². The summed E-state index contributed by atoms with van der Waals surface area (Å²) in [5, 5.41) is 30.5. The predicted octanol–water partition coefficient (Wildman–Crippen LogP) is 4.41. The maximum atomic E-state index is 12.9. The topological polar surface area (TPSA) is 96.0 Å². The number of nitrogens with zero attached hydrogens (tertiary/aromatic N) is 3. The van der Waals surface area contributed by atoms with E-state index >= 15 is 0 Å². The van der Waals surface area contributed by atoms with Crippen LogP contribution in [0.1, 0.15) is 32.6 Å². The lowest BCUT2D eigenvalue weighted by Crippen LogP contribution is -2.25. The van der Waals surface area contributed by atoms with Gasteiger partial charge in [0.15, 0.2) is 5.75 Å². The average Bonchev–Trinajstić information content (AvgIpc) is 3.41. The van der Waals surface area contributed by atoms with Crippen molar-refractivity contribution in [2.75, 3.05) is 0 Å². The quantitative estimate of drug-likeness (QED) is 0.519. The number of carbonyl (C=O) groups is 1. The molecule has 2 aromatic heterocycles. The van der Waals surface area contributed by atoms with E-state index in [-0.39, 0.29) is 17.6 Å². The number of nitro benzene ring substituents is 1. The van der Waals surface area contributed by atoms with E-state index in [1.165, 1.54) is 39.8 Å². The van der Waals surface area contributed by atoms with Crippen molar-refractivity contribution in [2.45, 2.75) is 12.5 Å². The lowest BCUT2D eigenvalue weighted by atomic mass is 10.0. The van der Waals surface area contributed by atoms with Crippen LogP contribution in [0.25, 0.3) is 0 Å². The third-order valence-electron chi connectivity index (χ3n) is 4.23. The van der Waals surface area contributed by atoms with Gasteiger partial charge in [0.05, 0.1) is 21.6 Å². The van der Waals surface area contributed by atoms with Crippen LogP contribution in [-0.4, -0.2) is 26.7 Å². The monoisotopic (exact) mass is 399 g/mol. The Bertz CT molecular complexity index is 1030. The summed E-state index contributed by atoms with van der Waals surface area (Å²) < 4.78 is 0. The molecule has 0 radical (unpaired) electrons. The number of hydrazone groups is 1. The van der Waals surface area contributed by atoms with Gasteiger partial charge in [-0.25, -0.2) is 5.01 Å². The van der Waals surface area contributed by atoms with Crippen molar-refractivity contribution < 1.29 is 14.8 Å². The molecule has 1 atom stereocenters. The van der Waals surface area contributed by atoms with Gasteiger partial charge >= 0.3 is 5.69 Å². The summed E-state index contributed by atoms with van der Waals surface area (Å²) in [6.07, 6.45) is 0.444.